The molecule has 0 aliphatic carbocycles. The molecule has 2 radical (unpaired) electrons. The van der Waals surface area contributed by atoms with E-state index in [1.165, 1.54) is 0 Å². The number of esters is 1. The predicted molar refractivity (Wildman–Crippen MR) is 391 cm³/mol. The molecule has 8 aliphatic heterocycles. The Bertz CT molecular complexity index is 4320. The summed E-state index contributed by atoms with van der Waals surface area (Å²) in [6.45, 7) is 16.4. The van der Waals surface area contributed by atoms with E-state index in [1.54, 1.807) is 0 Å². The number of carbonyl (C=O) groups excluding carboxylic acids is 4. The van der Waals surface area contributed by atoms with Crippen LogP contribution in [0.2, 0.25) is 0 Å². The molecule has 20 nitrogen and oxygen atoms in total. The summed E-state index contributed by atoms with van der Waals surface area (Å²) in [6.07, 6.45) is 10.8. The van der Waals surface area contributed by atoms with E-state index in [0.717, 1.165) is 116 Å². The minimum absolute atomic E-state index is 0. The van der Waals surface area contributed by atoms with Crippen LogP contribution in [0.5, 0.6) is 46.0 Å². The van der Waals surface area contributed by atoms with Gasteiger partial charge in [0.15, 0.2) is 23.0 Å². The summed E-state index contributed by atoms with van der Waals surface area (Å²) in [6, 6.07) is 26.2. The number of phenolic OH excluding ortho intramolecular Hbond substituents is 3. The number of rotatable bonds is 19. The van der Waals surface area contributed by atoms with Gasteiger partial charge in [0.2, 0.25) is 30.6 Å². The molecule has 10 atom stereocenters. The topological polar surface area (TPSA) is 260 Å². The van der Waals surface area contributed by atoms with Crippen molar-refractivity contribution in [1.82, 2.24) is 30.2 Å². The van der Waals surface area contributed by atoms with Crippen molar-refractivity contribution in [3.8, 4) is 58.1 Å². The van der Waals surface area contributed by atoms with E-state index in [1.807, 2.05) is 109 Å². The van der Waals surface area contributed by atoms with Crippen LogP contribution in [0.1, 0.15) is 191 Å². The number of amides is 2. The Morgan fingerprint density at radius 2 is 0.952 bits per heavy atom. The van der Waals surface area contributed by atoms with Crippen molar-refractivity contribution in [2.75, 3.05) is 40.8 Å². The van der Waals surface area contributed by atoms with Gasteiger partial charge in [-0.2, -0.15) is 10.5 Å². The minimum Gasteiger partial charge on any atom is -0.507 e. The number of unbranched alkanes of at least 4 members (excludes halogenated alkanes) is 4. The molecule has 2 fully saturated rings. The van der Waals surface area contributed by atoms with Crippen molar-refractivity contribution in [1.29, 1.82) is 10.5 Å². The van der Waals surface area contributed by atoms with Crippen LogP contribution in [0.4, 0.5) is 0 Å². The number of benzene rings is 6. The molecule has 550 valence electrons. The van der Waals surface area contributed by atoms with Crippen molar-refractivity contribution in [3.63, 3.8) is 0 Å². The number of nitriles is 2. The molecule has 6 aromatic rings. The van der Waals surface area contributed by atoms with E-state index in [4.69, 9.17) is 35.3 Å². The number of fused-ring (bicyclic) bond motifs is 18. The van der Waals surface area contributed by atoms with Crippen LogP contribution in [0.25, 0.3) is 0 Å². The zero-order chi connectivity index (χ0) is 73.2. The summed E-state index contributed by atoms with van der Waals surface area (Å²) >= 11 is 5.07. The van der Waals surface area contributed by atoms with Crippen LogP contribution in [-0.4, -0.2) is 135 Å². The quantitative estimate of drug-likeness (QED) is 0.0218. The van der Waals surface area contributed by atoms with Gasteiger partial charge in [0, 0.05) is 196 Å². The van der Waals surface area contributed by atoms with Crippen LogP contribution in [0.15, 0.2) is 72.8 Å². The van der Waals surface area contributed by atoms with Crippen LogP contribution >= 0.6 is 11.6 Å². The fourth-order valence-corrected chi connectivity index (χ4v) is 17.7. The average molecular weight is 1880 g/mol. The van der Waals surface area contributed by atoms with Crippen LogP contribution in [0, 0.1) is 152 Å². The number of halogens is 1. The number of nitrogens with one attached hydrogen (secondary N) is 2. The first-order valence-corrected chi connectivity index (χ1v) is 37.0. The second-order valence-corrected chi connectivity index (χ2v) is 29.4. The second kappa shape index (κ2) is 35.6. The number of phenols is 3. The standard InChI is InChI=1S/C41H48N4O6.C35H38N4O5.C6H11ClO.2Ac/c1-6-7-9-14-34(47)51-39-24(3)23(2)17-27-18-29-31(20-42)45-30(37(35(27)39)44(29)5)19-28-36(41-40(49-22-50-41)25(4)38(28)48)32(45)21-43-33(46)16-15-26-12-10-8-11-13-26;1-18-12-22-13-24-26(15-36)39-25(31(38(24)4)29(22)33(42)19(18)2)14-23-30(35-34(43-17-44-35)20(3)32(23)41)27(39)16-37-28(40)11-10-21-8-6-5-7-9-21;1-2-3-4-5-6(7)8;;/h8,10-13,17,29-32,37,48H,6-7,9,14-16,18-19,21-22H2,1-5H3,(H,43,46);5-9,12,24-27,31,41-42H,10-11,13-14,16-17H2,1-4H3,(H,37,40);2-5H2,1H3;;/t29-,30?,31-,32-,37-;24-,25?,26-,27-,31-;;;/m00.../s1. The Kier molecular flexibility index (Phi) is 27.6. The first-order chi connectivity index (χ1) is 49.6. The van der Waals surface area contributed by atoms with Crippen LogP contribution in [0.3, 0.4) is 0 Å². The molecule has 4 bridgehead atoms. The third-order valence-corrected chi connectivity index (χ3v) is 23.2. The Labute approximate surface area is 693 Å². The molecule has 5 N–H and O–H groups in total. The maximum absolute atomic E-state index is 13.4. The van der Waals surface area contributed by atoms with Crippen molar-refractivity contribution in [3.05, 3.63) is 162 Å². The number of carbonyl (C=O) groups is 4. The Hall–Kier alpha value is -6.01. The monoisotopic (exact) mass is 1870 g/mol. The number of likely N-dealkylation sites (N-methyl/N-ethyl adjacent to an activating group) is 2. The predicted octanol–water partition coefficient (Wildman–Crippen LogP) is 12.7. The van der Waals surface area contributed by atoms with E-state index in [0.29, 0.717) is 110 Å². The summed E-state index contributed by atoms with van der Waals surface area (Å²) in [5, 5.41) is 62.7. The molecule has 105 heavy (non-hydrogen) atoms. The number of aromatic hydroxyl groups is 3. The molecular weight excluding hydrogens is 1780 g/mol. The van der Waals surface area contributed by atoms with Gasteiger partial charge in [0.25, 0.3) is 0 Å². The first-order valence-electron chi connectivity index (χ1n) is 36.6. The van der Waals surface area contributed by atoms with Gasteiger partial charge >= 0.3 is 5.97 Å². The molecular formula is C82H97Ac2ClN8O12. The molecule has 0 aromatic heterocycles. The number of ether oxygens (including phenoxy) is 5. The van der Waals surface area contributed by atoms with Gasteiger partial charge in [-0.1, -0.05) is 112 Å². The number of piperazine rings is 2. The third kappa shape index (κ3) is 16.2. The molecule has 2 unspecified atom stereocenters. The number of hydrogen-bond acceptors (Lipinski definition) is 18. The zero-order valence-electron chi connectivity index (χ0n) is 62.1. The summed E-state index contributed by atoms with van der Waals surface area (Å²) < 4.78 is 30.1. The average Bonchev–Trinajstić information content (AvgIpc) is 1.19. The van der Waals surface area contributed by atoms with Crippen LogP contribution < -0.4 is 34.3 Å². The van der Waals surface area contributed by atoms with E-state index in [2.05, 4.69) is 75.4 Å². The summed E-state index contributed by atoms with van der Waals surface area (Å²) in [5.41, 5.74) is 14.3. The minimum atomic E-state index is -0.535. The Morgan fingerprint density at radius 3 is 1.39 bits per heavy atom. The van der Waals surface area contributed by atoms with Crippen molar-refractivity contribution in [2.45, 2.75) is 219 Å². The van der Waals surface area contributed by atoms with E-state index >= 15 is 0 Å². The molecule has 14 rings (SSSR count). The molecule has 6 aromatic carbocycles. The molecule has 0 spiro atoms. The van der Waals surface area contributed by atoms with Gasteiger partial charge in [-0.3, -0.25) is 38.8 Å². The third-order valence-electron chi connectivity index (χ3n) is 23.0. The summed E-state index contributed by atoms with van der Waals surface area (Å²) in [4.78, 5) is 59.0. The van der Waals surface area contributed by atoms with Crippen LogP contribution in [-0.2, 0) is 57.7 Å². The molecule has 8 heterocycles. The molecule has 2 saturated heterocycles. The first kappa shape index (κ1) is 81.5. The Balaban J connectivity index is 0.000000202. The summed E-state index contributed by atoms with van der Waals surface area (Å²) in [5.74, 6) is 2.95. The number of hydrogen-bond donors (Lipinski definition) is 5. The number of nitrogens with zero attached hydrogens (tertiary/aromatic N) is 6. The fourth-order valence-electron chi connectivity index (χ4n) is 17.5. The van der Waals surface area contributed by atoms with Gasteiger partial charge in [0.05, 0.1) is 36.3 Å². The van der Waals surface area contributed by atoms with Crippen molar-refractivity contribution in [2.24, 2.45) is 0 Å². The van der Waals surface area contributed by atoms with Gasteiger partial charge in [-0.15, -0.1) is 0 Å². The normalized spacial score (nSPS) is 22.4. The van der Waals surface area contributed by atoms with Crippen molar-refractivity contribution >= 4 is 34.6 Å². The van der Waals surface area contributed by atoms with Crippen molar-refractivity contribution < 1.29 is 146 Å². The largest absolute Gasteiger partial charge is 0.507 e. The molecule has 8 aliphatic rings. The smallest absolute Gasteiger partial charge is 0.311 e. The SMILES string of the molecule is CCCCCC(=O)Cl.CCCCCC(=O)Oc1c(C)c(C)cc2c1[C@@H]1C3Cc4c(O)c(C)c5c(c4[C@H](CNC(=O)CCc4ccccc4)N3[C@@H](C#N)[C@H](C2)N1C)OCO5.Cc1cc2c(c(O)c1C)[C@@H]1C3Cc4c(O)c(C)c5c(c4[C@H](CNC(=O)CCc4ccccc4)N3[C@@H](C#N)[C@H](C2)N1C)OCO5.[Ac].[Ac]. The van der Waals surface area contributed by atoms with E-state index in [-0.39, 0.29) is 186 Å². The van der Waals surface area contributed by atoms with Gasteiger partial charge < -0.3 is 49.6 Å². The zero-order valence-corrected chi connectivity index (χ0v) is 72.3. The second-order valence-electron chi connectivity index (χ2n) is 29.0. The van der Waals surface area contributed by atoms with Gasteiger partial charge in [0.1, 0.15) is 35.1 Å². The van der Waals surface area contributed by atoms with E-state index < -0.39 is 24.2 Å². The number of aryl methyl sites for hydroxylation is 4. The Morgan fingerprint density at radius 1 is 0.533 bits per heavy atom. The molecule has 0 saturated carbocycles. The van der Waals surface area contributed by atoms with E-state index in [9.17, 15) is 45.0 Å². The fraction of sp³-hybridized carbons (Fsp3) is 0.488. The summed E-state index contributed by atoms with van der Waals surface area (Å²) in [7, 11) is 4.10. The maximum atomic E-state index is 13.4. The molecule has 2 amide bonds. The van der Waals surface area contributed by atoms with Gasteiger partial charge in [-0.05, 0) is 163 Å². The maximum Gasteiger partial charge on any atom is 0.311 e. The van der Waals surface area contributed by atoms with Gasteiger partial charge in [-0.25, -0.2) is 0 Å². The molecule has 23 heteroatoms.